The molecule has 9 heteroatoms. The molecule has 2 heterocycles. The van der Waals surface area contributed by atoms with Gasteiger partial charge in [-0.05, 0) is 61.4 Å². The molecular weight excluding hydrogens is 548 g/mol. The number of rotatable bonds is 7. The Morgan fingerprint density at radius 2 is 1.77 bits per heavy atom. The number of benzene rings is 3. The number of ketones is 2. The van der Waals surface area contributed by atoms with Crippen LogP contribution in [0.25, 0.3) is 5.76 Å². The minimum Gasteiger partial charge on any atom is -0.507 e. The molecule has 4 aromatic rings. The quantitative estimate of drug-likeness (QED) is 0.113. The second-order valence-electron chi connectivity index (χ2n) is 9.49. The number of aromatic nitrogens is 1. The molecule has 5 rings (SSSR count). The molecule has 1 aromatic heterocycles. The molecule has 1 aliphatic heterocycles. The van der Waals surface area contributed by atoms with Crippen LogP contribution in [0.3, 0.4) is 0 Å². The van der Waals surface area contributed by atoms with Gasteiger partial charge < -0.3 is 9.84 Å². The fourth-order valence-electron chi connectivity index (χ4n) is 4.67. The van der Waals surface area contributed by atoms with Crippen LogP contribution in [0.4, 0.5) is 5.13 Å². The van der Waals surface area contributed by atoms with Crippen LogP contribution in [0.5, 0.6) is 5.75 Å². The molecule has 0 saturated carbocycles. The molecule has 1 saturated heterocycles. The Morgan fingerprint density at radius 1 is 1.05 bits per heavy atom. The minimum atomic E-state index is -0.999. The molecule has 0 spiro atoms. The van der Waals surface area contributed by atoms with E-state index in [0.29, 0.717) is 39.1 Å². The number of aryl methyl sites for hydroxylation is 2. The lowest BCUT2D eigenvalue weighted by Gasteiger charge is -2.23. The fraction of sp³-hybridized carbons (Fsp3) is 0.161. The van der Waals surface area contributed by atoms with E-state index in [-0.39, 0.29) is 22.2 Å². The largest absolute Gasteiger partial charge is 0.507 e. The molecule has 7 nitrogen and oxygen atoms in total. The summed E-state index contributed by atoms with van der Waals surface area (Å²) in [7, 11) is 0. The van der Waals surface area contributed by atoms with Crippen molar-refractivity contribution in [1.82, 2.24) is 4.98 Å². The van der Waals surface area contributed by atoms with Gasteiger partial charge in [0.1, 0.15) is 18.1 Å². The summed E-state index contributed by atoms with van der Waals surface area (Å²) >= 11 is 7.29. The molecule has 1 fully saturated rings. The standard InChI is InChI=1S/C31H25ClN2O5S/c1-17-6-4-7-20(14-17)16-39-24-12-10-21(11-13-24)27(36)25-26(22-8-5-9-23(32)15-22)34(30(38)28(25)37)31-33-18(2)29(40-31)19(3)35/h4-15,26,36H,16H2,1-3H3. The highest BCUT2D eigenvalue weighted by Crippen LogP contribution is 2.44. The molecular formula is C31H25ClN2O5S. The first-order valence-corrected chi connectivity index (χ1v) is 13.7. The number of amides is 1. The van der Waals surface area contributed by atoms with Crippen molar-refractivity contribution in [2.24, 2.45) is 0 Å². The van der Waals surface area contributed by atoms with E-state index in [1.807, 2.05) is 31.2 Å². The molecule has 3 aromatic carbocycles. The lowest BCUT2D eigenvalue weighted by Crippen LogP contribution is -2.29. The number of hydrogen-bond acceptors (Lipinski definition) is 7. The summed E-state index contributed by atoms with van der Waals surface area (Å²) in [6.07, 6.45) is 0. The van der Waals surface area contributed by atoms with Gasteiger partial charge in [-0.25, -0.2) is 4.98 Å². The molecule has 40 heavy (non-hydrogen) atoms. The Labute approximate surface area is 240 Å². The van der Waals surface area contributed by atoms with Gasteiger partial charge in [0, 0.05) is 17.5 Å². The predicted molar refractivity (Wildman–Crippen MR) is 155 cm³/mol. The van der Waals surface area contributed by atoms with Crippen LogP contribution < -0.4 is 9.64 Å². The fourth-order valence-corrected chi connectivity index (χ4v) is 5.85. The van der Waals surface area contributed by atoms with Crippen molar-refractivity contribution in [3.05, 3.63) is 116 Å². The van der Waals surface area contributed by atoms with E-state index in [1.54, 1.807) is 55.5 Å². The van der Waals surface area contributed by atoms with Crippen molar-refractivity contribution in [3.63, 3.8) is 0 Å². The second-order valence-corrected chi connectivity index (χ2v) is 10.9. The molecule has 1 unspecified atom stereocenters. The number of hydrogen-bond donors (Lipinski definition) is 1. The van der Waals surface area contributed by atoms with E-state index in [1.165, 1.54) is 11.8 Å². The lowest BCUT2D eigenvalue weighted by atomic mass is 9.95. The number of aliphatic hydroxyl groups excluding tert-OH is 1. The normalized spacial score (nSPS) is 16.4. The van der Waals surface area contributed by atoms with Gasteiger partial charge in [-0.15, -0.1) is 0 Å². The topological polar surface area (TPSA) is 96.8 Å². The summed E-state index contributed by atoms with van der Waals surface area (Å²) in [5.41, 5.74) is 3.38. The van der Waals surface area contributed by atoms with E-state index in [9.17, 15) is 19.5 Å². The SMILES string of the molecule is CC(=O)c1sc(N2C(=O)C(=O)C(=C(O)c3ccc(OCc4cccc(C)c4)cc3)C2c2cccc(Cl)c2)nc1C. The Morgan fingerprint density at radius 3 is 2.42 bits per heavy atom. The smallest absolute Gasteiger partial charge is 0.301 e. The number of Topliss-reactive ketones (excluding diaryl/α,β-unsaturated/α-hetero) is 2. The molecule has 1 atom stereocenters. The van der Waals surface area contributed by atoms with Crippen LogP contribution in [0.15, 0.2) is 78.4 Å². The number of ether oxygens (including phenoxy) is 1. The summed E-state index contributed by atoms with van der Waals surface area (Å²) in [5.74, 6) is -1.66. The zero-order valence-corrected chi connectivity index (χ0v) is 23.5. The highest BCUT2D eigenvalue weighted by Gasteiger charge is 2.48. The van der Waals surface area contributed by atoms with Crippen LogP contribution in [0, 0.1) is 13.8 Å². The Hall–Kier alpha value is -4.27. The summed E-state index contributed by atoms with van der Waals surface area (Å²) < 4.78 is 5.88. The molecule has 1 amide bonds. The van der Waals surface area contributed by atoms with Gasteiger partial charge in [0.05, 0.1) is 22.2 Å². The second kappa shape index (κ2) is 11.1. The maximum atomic E-state index is 13.4. The molecule has 1 N–H and O–H groups in total. The van der Waals surface area contributed by atoms with Crippen molar-refractivity contribution in [2.45, 2.75) is 33.4 Å². The Balaban J connectivity index is 1.53. The summed E-state index contributed by atoms with van der Waals surface area (Å²) in [5, 5.41) is 12.0. The van der Waals surface area contributed by atoms with Crippen molar-refractivity contribution in [2.75, 3.05) is 4.90 Å². The Bertz CT molecular complexity index is 1680. The summed E-state index contributed by atoms with van der Waals surface area (Å²) in [4.78, 5) is 44.9. The average molecular weight is 573 g/mol. The summed E-state index contributed by atoms with van der Waals surface area (Å²) in [6, 6.07) is 20.4. The van der Waals surface area contributed by atoms with Crippen LogP contribution in [-0.2, 0) is 16.2 Å². The molecule has 0 aliphatic carbocycles. The first kappa shape index (κ1) is 27.3. The number of thiazole rings is 1. The van der Waals surface area contributed by atoms with E-state index in [0.717, 1.165) is 22.5 Å². The number of halogens is 1. The van der Waals surface area contributed by atoms with E-state index < -0.39 is 17.7 Å². The maximum Gasteiger partial charge on any atom is 0.301 e. The highest BCUT2D eigenvalue weighted by atomic mass is 35.5. The van der Waals surface area contributed by atoms with Gasteiger partial charge in [-0.3, -0.25) is 19.3 Å². The van der Waals surface area contributed by atoms with Crippen molar-refractivity contribution in [3.8, 4) is 5.75 Å². The van der Waals surface area contributed by atoms with Crippen molar-refractivity contribution in [1.29, 1.82) is 0 Å². The monoisotopic (exact) mass is 572 g/mol. The van der Waals surface area contributed by atoms with E-state index >= 15 is 0 Å². The number of carbonyl (C=O) groups is 3. The first-order valence-electron chi connectivity index (χ1n) is 12.5. The molecule has 0 bridgehead atoms. The van der Waals surface area contributed by atoms with Crippen LogP contribution >= 0.6 is 22.9 Å². The third kappa shape index (κ3) is 5.28. The number of anilines is 1. The number of nitrogens with zero attached hydrogens (tertiary/aromatic N) is 2. The maximum absolute atomic E-state index is 13.4. The van der Waals surface area contributed by atoms with Gasteiger partial charge in [0.25, 0.3) is 5.78 Å². The van der Waals surface area contributed by atoms with Gasteiger partial charge in [-0.1, -0.05) is 64.9 Å². The zero-order chi connectivity index (χ0) is 28.6. The van der Waals surface area contributed by atoms with Crippen molar-refractivity contribution >= 4 is 51.3 Å². The minimum absolute atomic E-state index is 0.0991. The third-order valence-electron chi connectivity index (χ3n) is 6.54. The van der Waals surface area contributed by atoms with Gasteiger partial charge in [0.2, 0.25) is 0 Å². The average Bonchev–Trinajstić information content (AvgIpc) is 3.44. The zero-order valence-electron chi connectivity index (χ0n) is 22.0. The van der Waals surface area contributed by atoms with Crippen LogP contribution in [0.1, 0.15) is 50.6 Å². The molecule has 202 valence electrons. The van der Waals surface area contributed by atoms with Crippen molar-refractivity contribution < 1.29 is 24.2 Å². The first-order chi connectivity index (χ1) is 19.1. The molecule has 1 aliphatic rings. The number of carbonyl (C=O) groups excluding carboxylic acids is 3. The van der Waals surface area contributed by atoms with E-state index in [2.05, 4.69) is 4.98 Å². The van der Waals surface area contributed by atoms with Gasteiger partial charge in [-0.2, -0.15) is 0 Å². The third-order valence-corrected chi connectivity index (χ3v) is 8.03. The lowest BCUT2D eigenvalue weighted by molar-refractivity contribution is -0.132. The van der Waals surface area contributed by atoms with Crippen LogP contribution in [-0.4, -0.2) is 27.6 Å². The van der Waals surface area contributed by atoms with E-state index in [4.69, 9.17) is 16.3 Å². The molecule has 0 radical (unpaired) electrons. The van der Waals surface area contributed by atoms with Crippen LogP contribution in [0.2, 0.25) is 5.02 Å². The number of aliphatic hydroxyl groups is 1. The predicted octanol–water partition coefficient (Wildman–Crippen LogP) is 6.82. The van der Waals surface area contributed by atoms with Gasteiger partial charge >= 0.3 is 5.91 Å². The highest BCUT2D eigenvalue weighted by molar-refractivity contribution is 7.18. The summed E-state index contributed by atoms with van der Waals surface area (Å²) in [6.45, 7) is 5.48. The Kier molecular flexibility index (Phi) is 7.56. The van der Waals surface area contributed by atoms with Gasteiger partial charge in [0.15, 0.2) is 10.9 Å².